The summed E-state index contributed by atoms with van der Waals surface area (Å²) in [6, 6.07) is 3.06. The first-order valence-electron chi connectivity index (χ1n) is 5.98. The van der Waals surface area contributed by atoms with E-state index < -0.39 is 11.8 Å². The predicted molar refractivity (Wildman–Crippen MR) is 73.0 cm³/mol. The van der Waals surface area contributed by atoms with Crippen LogP contribution in [0, 0.1) is 0 Å². The van der Waals surface area contributed by atoms with Crippen molar-refractivity contribution >= 4 is 33.7 Å². The Morgan fingerprint density at radius 3 is 2.65 bits per heavy atom. The third-order valence-corrected chi connectivity index (χ3v) is 2.59. The average molecular weight is 347 g/mol. The predicted octanol–water partition coefficient (Wildman–Crippen LogP) is 0.841. The molecule has 1 aromatic rings. The van der Waals surface area contributed by atoms with Crippen LogP contribution in [-0.4, -0.2) is 37.5 Å². The van der Waals surface area contributed by atoms with E-state index in [0.717, 1.165) is 0 Å². The Bertz CT molecular complexity index is 486. The van der Waals surface area contributed by atoms with Crippen molar-refractivity contribution in [2.24, 2.45) is 0 Å². The van der Waals surface area contributed by atoms with E-state index in [9.17, 15) is 14.4 Å². The van der Waals surface area contributed by atoms with Crippen molar-refractivity contribution in [3.8, 4) is 0 Å². The molecule has 1 heterocycles. The summed E-state index contributed by atoms with van der Waals surface area (Å²) in [4.78, 5) is 34.0. The summed E-state index contributed by atoms with van der Waals surface area (Å²) in [5.41, 5.74) is 0. The third-order valence-electron chi connectivity index (χ3n) is 2.16. The van der Waals surface area contributed by atoms with Gasteiger partial charge in [-0.15, -0.1) is 0 Å². The standard InChI is InChI=1S/C12H15BrN2O5/c1-2-19-11(17)5-6-14-10(16)7-15-12(18)8-3-4-9(13)20-8/h3-4H,2,5-7H2,1H3,(H,14,16)(H,15,18). The number of hydrogen-bond acceptors (Lipinski definition) is 5. The quantitative estimate of drug-likeness (QED) is 0.713. The molecule has 0 saturated heterocycles. The highest BCUT2D eigenvalue weighted by Gasteiger charge is 2.11. The van der Waals surface area contributed by atoms with Gasteiger partial charge < -0.3 is 19.8 Å². The molecule has 0 aromatic carbocycles. The van der Waals surface area contributed by atoms with Crippen LogP contribution in [0.4, 0.5) is 0 Å². The zero-order valence-corrected chi connectivity index (χ0v) is 12.5. The summed E-state index contributed by atoms with van der Waals surface area (Å²) in [7, 11) is 0. The van der Waals surface area contributed by atoms with Gasteiger partial charge in [-0.1, -0.05) is 0 Å². The highest BCUT2D eigenvalue weighted by Crippen LogP contribution is 2.13. The second-order valence-electron chi connectivity index (χ2n) is 3.69. The first-order chi connectivity index (χ1) is 9.52. The van der Waals surface area contributed by atoms with Crippen LogP contribution in [0.1, 0.15) is 23.9 Å². The van der Waals surface area contributed by atoms with Crippen molar-refractivity contribution in [2.45, 2.75) is 13.3 Å². The molecule has 0 bridgehead atoms. The number of carbonyl (C=O) groups excluding carboxylic acids is 3. The van der Waals surface area contributed by atoms with Crippen LogP contribution in [0.25, 0.3) is 0 Å². The number of carbonyl (C=O) groups is 3. The van der Waals surface area contributed by atoms with E-state index in [-0.39, 0.29) is 31.2 Å². The molecule has 0 saturated carbocycles. The van der Waals surface area contributed by atoms with E-state index >= 15 is 0 Å². The number of nitrogens with one attached hydrogen (secondary N) is 2. The maximum absolute atomic E-state index is 11.5. The van der Waals surface area contributed by atoms with E-state index in [0.29, 0.717) is 11.3 Å². The number of halogens is 1. The summed E-state index contributed by atoms with van der Waals surface area (Å²) in [6.07, 6.45) is 0.0959. The van der Waals surface area contributed by atoms with Gasteiger partial charge in [0.15, 0.2) is 10.4 Å². The van der Waals surface area contributed by atoms with Crippen LogP contribution in [0.3, 0.4) is 0 Å². The van der Waals surface area contributed by atoms with Crippen LogP contribution >= 0.6 is 15.9 Å². The molecule has 0 aliphatic heterocycles. The molecule has 0 spiro atoms. The Morgan fingerprint density at radius 2 is 2.05 bits per heavy atom. The van der Waals surface area contributed by atoms with Gasteiger partial charge in [-0.2, -0.15) is 0 Å². The maximum Gasteiger partial charge on any atom is 0.307 e. The van der Waals surface area contributed by atoms with Crippen molar-refractivity contribution in [1.82, 2.24) is 10.6 Å². The summed E-state index contributed by atoms with van der Waals surface area (Å²) >= 11 is 3.07. The zero-order valence-electron chi connectivity index (χ0n) is 10.9. The normalized spacial score (nSPS) is 9.90. The minimum absolute atomic E-state index is 0.0959. The van der Waals surface area contributed by atoms with E-state index in [1.807, 2.05) is 0 Å². The molecular formula is C12H15BrN2O5. The topological polar surface area (TPSA) is 97.6 Å². The van der Waals surface area contributed by atoms with Gasteiger partial charge >= 0.3 is 5.97 Å². The molecule has 0 atom stereocenters. The minimum atomic E-state index is -0.490. The Hall–Kier alpha value is -1.83. The lowest BCUT2D eigenvalue weighted by Crippen LogP contribution is -2.37. The molecule has 1 aromatic heterocycles. The second kappa shape index (κ2) is 8.36. The van der Waals surface area contributed by atoms with Crippen molar-refractivity contribution < 1.29 is 23.5 Å². The lowest BCUT2D eigenvalue weighted by Gasteiger charge is -2.05. The highest BCUT2D eigenvalue weighted by atomic mass is 79.9. The second-order valence-corrected chi connectivity index (χ2v) is 4.47. The highest BCUT2D eigenvalue weighted by molar-refractivity contribution is 9.10. The van der Waals surface area contributed by atoms with Gasteiger partial charge in [-0.25, -0.2) is 0 Å². The Kier molecular flexibility index (Phi) is 6.78. The molecule has 1 rings (SSSR count). The molecule has 2 amide bonds. The lowest BCUT2D eigenvalue weighted by atomic mass is 10.4. The fourth-order valence-electron chi connectivity index (χ4n) is 1.28. The molecule has 0 unspecified atom stereocenters. The van der Waals surface area contributed by atoms with Crippen molar-refractivity contribution in [3.05, 3.63) is 22.6 Å². The smallest absolute Gasteiger partial charge is 0.307 e. The summed E-state index contributed by atoms with van der Waals surface area (Å²) in [5.74, 6) is -1.15. The molecule has 8 heteroatoms. The third kappa shape index (κ3) is 5.87. The molecular weight excluding hydrogens is 332 g/mol. The largest absolute Gasteiger partial charge is 0.466 e. The van der Waals surface area contributed by atoms with Crippen molar-refractivity contribution in [3.63, 3.8) is 0 Å². The molecule has 0 aliphatic carbocycles. The van der Waals surface area contributed by atoms with Crippen molar-refractivity contribution in [1.29, 1.82) is 0 Å². The van der Waals surface area contributed by atoms with E-state index in [1.165, 1.54) is 6.07 Å². The number of amides is 2. The fraction of sp³-hybridized carbons (Fsp3) is 0.417. The minimum Gasteiger partial charge on any atom is -0.466 e. The Labute approximate surface area is 124 Å². The van der Waals surface area contributed by atoms with Gasteiger partial charge in [-0.3, -0.25) is 14.4 Å². The fourth-order valence-corrected chi connectivity index (χ4v) is 1.59. The number of ether oxygens (including phenoxy) is 1. The molecule has 7 nitrogen and oxygen atoms in total. The van der Waals surface area contributed by atoms with Crippen LogP contribution in [0.15, 0.2) is 21.2 Å². The SMILES string of the molecule is CCOC(=O)CCNC(=O)CNC(=O)c1ccc(Br)o1. The van der Waals surface area contributed by atoms with Gasteiger partial charge in [0.2, 0.25) is 5.91 Å². The molecule has 0 radical (unpaired) electrons. The number of rotatable bonds is 7. The summed E-state index contributed by atoms with van der Waals surface area (Å²) in [6.45, 7) is 1.99. The lowest BCUT2D eigenvalue weighted by molar-refractivity contribution is -0.143. The molecule has 20 heavy (non-hydrogen) atoms. The molecule has 0 aliphatic rings. The van der Waals surface area contributed by atoms with Gasteiger partial charge in [-0.05, 0) is 35.0 Å². The Balaban J connectivity index is 2.20. The monoisotopic (exact) mass is 346 g/mol. The molecule has 110 valence electrons. The van der Waals surface area contributed by atoms with Gasteiger partial charge in [0.05, 0.1) is 19.6 Å². The van der Waals surface area contributed by atoms with Crippen LogP contribution in [0.5, 0.6) is 0 Å². The zero-order chi connectivity index (χ0) is 15.0. The average Bonchev–Trinajstić information content (AvgIpc) is 2.83. The summed E-state index contributed by atoms with van der Waals surface area (Å²) < 4.78 is 10.2. The summed E-state index contributed by atoms with van der Waals surface area (Å²) in [5, 5.41) is 4.88. The van der Waals surface area contributed by atoms with Crippen LogP contribution < -0.4 is 10.6 Å². The van der Waals surface area contributed by atoms with Crippen LogP contribution in [0.2, 0.25) is 0 Å². The van der Waals surface area contributed by atoms with Gasteiger partial charge in [0, 0.05) is 6.54 Å². The first-order valence-corrected chi connectivity index (χ1v) is 6.78. The molecule has 2 N–H and O–H groups in total. The maximum atomic E-state index is 11.5. The van der Waals surface area contributed by atoms with Crippen LogP contribution in [-0.2, 0) is 14.3 Å². The number of hydrogen-bond donors (Lipinski definition) is 2. The van der Waals surface area contributed by atoms with Gasteiger partial charge in [0.25, 0.3) is 5.91 Å². The number of furan rings is 1. The van der Waals surface area contributed by atoms with E-state index in [1.54, 1.807) is 13.0 Å². The van der Waals surface area contributed by atoms with Gasteiger partial charge in [0.1, 0.15) is 0 Å². The number of esters is 1. The van der Waals surface area contributed by atoms with Crippen molar-refractivity contribution in [2.75, 3.05) is 19.7 Å². The van der Waals surface area contributed by atoms with E-state index in [4.69, 9.17) is 9.15 Å². The van der Waals surface area contributed by atoms with E-state index in [2.05, 4.69) is 26.6 Å². The Morgan fingerprint density at radius 1 is 1.30 bits per heavy atom. The first kappa shape index (κ1) is 16.2. The molecule has 0 fully saturated rings.